The molecule has 0 aromatic carbocycles. The summed E-state index contributed by atoms with van der Waals surface area (Å²) >= 11 is 0. The van der Waals surface area contributed by atoms with Crippen molar-refractivity contribution >= 4 is 0 Å². The van der Waals surface area contributed by atoms with Crippen molar-refractivity contribution in [1.29, 1.82) is 0 Å². The third kappa shape index (κ3) is 7.67. The van der Waals surface area contributed by atoms with Crippen molar-refractivity contribution in [3.8, 4) is 0 Å². The average molecular weight is 282 g/mol. The number of hydrogen-bond donors (Lipinski definition) is 1. The summed E-state index contributed by atoms with van der Waals surface area (Å²) in [4.78, 5) is 0. The average Bonchev–Trinajstić information content (AvgIpc) is 3.26. The summed E-state index contributed by atoms with van der Waals surface area (Å²) in [6.45, 7) is 6.02. The molecule has 1 aliphatic carbocycles. The maximum absolute atomic E-state index is 3.42. The number of rotatable bonds is 14. The Balaban J connectivity index is 1.90. The van der Waals surface area contributed by atoms with Crippen molar-refractivity contribution in [3.05, 3.63) is 0 Å². The molecular formula is C19H39N. The van der Waals surface area contributed by atoms with Crippen molar-refractivity contribution in [2.75, 3.05) is 13.6 Å². The Bertz CT molecular complexity index is 222. The van der Waals surface area contributed by atoms with Gasteiger partial charge in [0.25, 0.3) is 0 Å². The van der Waals surface area contributed by atoms with Gasteiger partial charge in [0.15, 0.2) is 0 Å². The quantitative estimate of drug-likeness (QED) is 0.389. The topological polar surface area (TPSA) is 12.0 Å². The molecule has 0 aliphatic heterocycles. The predicted molar refractivity (Wildman–Crippen MR) is 91.2 cm³/mol. The zero-order valence-electron chi connectivity index (χ0n) is 14.5. The van der Waals surface area contributed by atoms with Crippen LogP contribution in [0.4, 0.5) is 0 Å². The van der Waals surface area contributed by atoms with Gasteiger partial charge < -0.3 is 5.32 Å². The van der Waals surface area contributed by atoms with Crippen LogP contribution in [0.3, 0.4) is 0 Å². The Kier molecular flexibility index (Phi) is 9.59. The second-order valence-electron chi connectivity index (χ2n) is 7.39. The summed E-state index contributed by atoms with van der Waals surface area (Å²) in [5.41, 5.74) is 0.592. The van der Waals surface area contributed by atoms with E-state index in [1.165, 1.54) is 90.0 Å². The molecule has 0 aromatic rings. The molecule has 0 bridgehead atoms. The SMILES string of the molecule is CCCCCCCCCCCCC(C)(CNC)C1CC1. The van der Waals surface area contributed by atoms with Gasteiger partial charge >= 0.3 is 0 Å². The van der Waals surface area contributed by atoms with Crippen LogP contribution in [0.2, 0.25) is 0 Å². The first-order valence-corrected chi connectivity index (χ1v) is 9.37. The van der Waals surface area contributed by atoms with E-state index in [9.17, 15) is 0 Å². The van der Waals surface area contributed by atoms with Gasteiger partial charge in [-0.2, -0.15) is 0 Å². The highest BCUT2D eigenvalue weighted by Gasteiger charge is 2.40. The van der Waals surface area contributed by atoms with Gasteiger partial charge in [0, 0.05) is 6.54 Å². The molecule has 1 fully saturated rings. The standard InChI is InChI=1S/C19H39N/c1-4-5-6-7-8-9-10-11-12-13-16-19(2,17-20-3)18-14-15-18/h18,20H,4-17H2,1-3H3. The number of unbranched alkanes of at least 4 members (excludes halogenated alkanes) is 9. The third-order valence-electron chi connectivity index (χ3n) is 5.25. The Morgan fingerprint density at radius 3 is 1.80 bits per heavy atom. The van der Waals surface area contributed by atoms with E-state index in [-0.39, 0.29) is 0 Å². The Morgan fingerprint density at radius 1 is 0.850 bits per heavy atom. The maximum Gasteiger partial charge on any atom is 0.000481 e. The van der Waals surface area contributed by atoms with Crippen molar-refractivity contribution in [3.63, 3.8) is 0 Å². The first-order chi connectivity index (χ1) is 9.73. The lowest BCUT2D eigenvalue weighted by Gasteiger charge is -2.29. The van der Waals surface area contributed by atoms with E-state index in [1.807, 2.05) is 0 Å². The minimum absolute atomic E-state index is 0.592. The fraction of sp³-hybridized carbons (Fsp3) is 1.00. The summed E-state index contributed by atoms with van der Waals surface area (Å²) < 4.78 is 0. The maximum atomic E-state index is 3.42. The predicted octanol–water partition coefficient (Wildman–Crippen LogP) is 5.93. The minimum atomic E-state index is 0.592. The Morgan fingerprint density at radius 2 is 1.35 bits per heavy atom. The second kappa shape index (κ2) is 10.7. The summed E-state index contributed by atoms with van der Waals surface area (Å²) in [6, 6.07) is 0. The molecule has 1 saturated carbocycles. The molecule has 1 unspecified atom stereocenters. The molecule has 1 aliphatic rings. The fourth-order valence-corrected chi connectivity index (χ4v) is 3.64. The van der Waals surface area contributed by atoms with Crippen LogP contribution in [0.5, 0.6) is 0 Å². The van der Waals surface area contributed by atoms with Crippen LogP contribution in [0.1, 0.15) is 97.3 Å². The van der Waals surface area contributed by atoms with E-state index in [1.54, 1.807) is 0 Å². The molecule has 1 nitrogen and oxygen atoms in total. The largest absolute Gasteiger partial charge is 0.319 e. The van der Waals surface area contributed by atoms with Crippen molar-refractivity contribution in [2.24, 2.45) is 11.3 Å². The van der Waals surface area contributed by atoms with E-state index in [2.05, 4.69) is 26.2 Å². The van der Waals surface area contributed by atoms with Gasteiger partial charge in [0.1, 0.15) is 0 Å². The Labute approximate surface area is 128 Å². The highest BCUT2D eigenvalue weighted by molar-refractivity contribution is 4.92. The first kappa shape index (κ1) is 18.0. The van der Waals surface area contributed by atoms with E-state index in [4.69, 9.17) is 0 Å². The smallest absolute Gasteiger partial charge is 0.000481 e. The van der Waals surface area contributed by atoms with Crippen molar-refractivity contribution in [2.45, 2.75) is 97.3 Å². The summed E-state index contributed by atoms with van der Waals surface area (Å²) in [5, 5.41) is 3.42. The van der Waals surface area contributed by atoms with Crippen LogP contribution in [0.25, 0.3) is 0 Å². The lowest BCUT2D eigenvalue weighted by Crippen LogP contribution is -2.31. The lowest BCUT2D eigenvalue weighted by atomic mass is 9.79. The highest BCUT2D eigenvalue weighted by Crippen LogP contribution is 2.48. The van der Waals surface area contributed by atoms with Gasteiger partial charge in [-0.05, 0) is 37.6 Å². The molecule has 0 aromatic heterocycles. The third-order valence-corrected chi connectivity index (χ3v) is 5.25. The zero-order valence-corrected chi connectivity index (χ0v) is 14.5. The Hall–Kier alpha value is -0.0400. The molecule has 1 rings (SSSR count). The second-order valence-corrected chi connectivity index (χ2v) is 7.39. The molecule has 0 amide bonds. The summed E-state index contributed by atoms with van der Waals surface area (Å²) in [5.74, 6) is 1.02. The van der Waals surface area contributed by atoms with Crippen LogP contribution < -0.4 is 5.32 Å². The van der Waals surface area contributed by atoms with Crippen LogP contribution in [0, 0.1) is 11.3 Å². The fourth-order valence-electron chi connectivity index (χ4n) is 3.64. The van der Waals surface area contributed by atoms with Crippen molar-refractivity contribution in [1.82, 2.24) is 5.32 Å². The lowest BCUT2D eigenvalue weighted by molar-refractivity contribution is 0.233. The zero-order chi connectivity index (χ0) is 14.7. The van der Waals surface area contributed by atoms with E-state index >= 15 is 0 Å². The molecular weight excluding hydrogens is 242 g/mol. The molecule has 0 spiro atoms. The molecule has 0 heterocycles. The molecule has 20 heavy (non-hydrogen) atoms. The van der Waals surface area contributed by atoms with E-state index in [0.717, 1.165) is 5.92 Å². The molecule has 0 saturated heterocycles. The molecule has 1 heteroatoms. The van der Waals surface area contributed by atoms with Crippen LogP contribution in [-0.2, 0) is 0 Å². The first-order valence-electron chi connectivity index (χ1n) is 9.37. The van der Waals surface area contributed by atoms with Gasteiger partial charge in [-0.3, -0.25) is 0 Å². The minimum Gasteiger partial charge on any atom is -0.319 e. The van der Waals surface area contributed by atoms with Crippen LogP contribution >= 0.6 is 0 Å². The van der Waals surface area contributed by atoms with Crippen molar-refractivity contribution < 1.29 is 0 Å². The number of hydrogen-bond acceptors (Lipinski definition) is 1. The highest BCUT2D eigenvalue weighted by atomic mass is 14.8. The monoisotopic (exact) mass is 281 g/mol. The normalized spacial score (nSPS) is 18.1. The van der Waals surface area contributed by atoms with Gasteiger partial charge in [0.2, 0.25) is 0 Å². The van der Waals surface area contributed by atoms with Crippen LogP contribution in [-0.4, -0.2) is 13.6 Å². The molecule has 1 atom stereocenters. The molecule has 120 valence electrons. The van der Waals surface area contributed by atoms with Gasteiger partial charge in [-0.15, -0.1) is 0 Å². The van der Waals surface area contributed by atoms with Gasteiger partial charge in [-0.25, -0.2) is 0 Å². The van der Waals surface area contributed by atoms with Gasteiger partial charge in [-0.1, -0.05) is 78.1 Å². The summed E-state index contributed by atoms with van der Waals surface area (Å²) in [6.07, 6.45) is 18.9. The molecule has 0 radical (unpaired) electrons. The van der Waals surface area contributed by atoms with Gasteiger partial charge in [0.05, 0.1) is 0 Å². The van der Waals surface area contributed by atoms with E-state index in [0.29, 0.717) is 5.41 Å². The molecule has 1 N–H and O–H groups in total. The van der Waals surface area contributed by atoms with Crippen LogP contribution in [0.15, 0.2) is 0 Å². The summed E-state index contributed by atoms with van der Waals surface area (Å²) in [7, 11) is 2.11. The van der Waals surface area contributed by atoms with E-state index < -0.39 is 0 Å². The number of nitrogens with one attached hydrogen (secondary N) is 1.